The van der Waals surface area contributed by atoms with E-state index in [1.807, 2.05) is 35.2 Å². The minimum atomic E-state index is -0.490. The lowest BCUT2D eigenvalue weighted by atomic mass is 10.1. The molecule has 1 aromatic heterocycles. The highest BCUT2D eigenvalue weighted by Gasteiger charge is 2.33. The monoisotopic (exact) mass is 654 g/mol. The van der Waals surface area contributed by atoms with Crippen molar-refractivity contribution in [2.45, 2.75) is 44.4 Å². The molecule has 3 aromatic rings. The van der Waals surface area contributed by atoms with Crippen molar-refractivity contribution in [1.82, 2.24) is 19.8 Å². The standard InChI is InChI=1S/C31H36BrFN6O4/c1-41-19-5-14-37-15-11-24(12-16-37)43-30-35-28-25(8-9-26(32)27(28)33)29(36-30)38-17-18-39(23(20-38)10-13-34)31(40)42-21-22-6-3-2-4-7-22/h2-4,6-9,23-24H,5,10-12,14-21H2,1H3/t23-/m0/s1. The van der Waals surface area contributed by atoms with Crippen LogP contribution in [0, 0.1) is 17.1 Å². The summed E-state index contributed by atoms with van der Waals surface area (Å²) in [5, 5.41) is 10.1. The number of piperidine rings is 1. The zero-order valence-electron chi connectivity index (χ0n) is 24.3. The lowest BCUT2D eigenvalue weighted by molar-refractivity contribution is 0.0765. The molecular weight excluding hydrogens is 619 g/mol. The van der Waals surface area contributed by atoms with E-state index >= 15 is 4.39 Å². The molecular formula is C31H36BrFN6O4. The number of piperazine rings is 1. The third-order valence-electron chi connectivity index (χ3n) is 7.90. The maximum absolute atomic E-state index is 15.4. The van der Waals surface area contributed by atoms with Crippen molar-refractivity contribution in [3.05, 3.63) is 58.3 Å². The molecule has 43 heavy (non-hydrogen) atoms. The van der Waals surface area contributed by atoms with Gasteiger partial charge in [-0.2, -0.15) is 15.2 Å². The van der Waals surface area contributed by atoms with E-state index in [4.69, 9.17) is 19.2 Å². The molecule has 228 valence electrons. The topological polar surface area (TPSA) is 104 Å². The number of aromatic nitrogens is 2. The van der Waals surface area contributed by atoms with Crippen molar-refractivity contribution in [3.8, 4) is 12.1 Å². The molecule has 2 aliphatic heterocycles. The van der Waals surface area contributed by atoms with Gasteiger partial charge in [-0.25, -0.2) is 9.18 Å². The molecule has 1 amide bonds. The second kappa shape index (κ2) is 14.8. The Hall–Kier alpha value is -3.53. The van der Waals surface area contributed by atoms with Crippen molar-refractivity contribution in [2.75, 3.05) is 57.9 Å². The molecule has 0 N–H and O–H groups in total. The van der Waals surface area contributed by atoms with Gasteiger partial charge >= 0.3 is 12.1 Å². The third kappa shape index (κ3) is 7.71. The molecule has 12 heteroatoms. The van der Waals surface area contributed by atoms with Crippen LogP contribution in [0.2, 0.25) is 0 Å². The van der Waals surface area contributed by atoms with E-state index in [0.29, 0.717) is 35.3 Å². The van der Waals surface area contributed by atoms with Crippen LogP contribution in [0.25, 0.3) is 10.9 Å². The third-order valence-corrected chi connectivity index (χ3v) is 8.51. The molecule has 5 rings (SSSR count). The largest absolute Gasteiger partial charge is 0.460 e. The zero-order chi connectivity index (χ0) is 30.2. The fourth-order valence-corrected chi connectivity index (χ4v) is 5.92. The van der Waals surface area contributed by atoms with Crippen LogP contribution in [0.1, 0.15) is 31.2 Å². The Morgan fingerprint density at radius 2 is 1.91 bits per heavy atom. The molecule has 0 unspecified atom stereocenters. The van der Waals surface area contributed by atoms with Gasteiger partial charge in [0.05, 0.1) is 23.0 Å². The van der Waals surface area contributed by atoms with Crippen LogP contribution >= 0.6 is 15.9 Å². The highest BCUT2D eigenvalue weighted by atomic mass is 79.9. The number of rotatable bonds is 10. The van der Waals surface area contributed by atoms with Crippen LogP contribution in [0.3, 0.4) is 0 Å². The number of carbonyl (C=O) groups excluding carboxylic acids is 1. The number of likely N-dealkylation sites (tertiary alicyclic amines) is 1. The highest BCUT2D eigenvalue weighted by molar-refractivity contribution is 9.10. The molecule has 2 fully saturated rings. The number of nitrogens with zero attached hydrogens (tertiary/aromatic N) is 6. The lowest BCUT2D eigenvalue weighted by Crippen LogP contribution is -2.55. The van der Waals surface area contributed by atoms with Crippen molar-refractivity contribution < 1.29 is 23.4 Å². The van der Waals surface area contributed by atoms with Crippen LogP contribution in [0.4, 0.5) is 15.0 Å². The van der Waals surface area contributed by atoms with Gasteiger partial charge in [0.2, 0.25) is 0 Å². The minimum absolute atomic E-state index is 0.0817. The van der Waals surface area contributed by atoms with Gasteiger partial charge in [-0.05, 0) is 52.9 Å². The predicted octanol–water partition coefficient (Wildman–Crippen LogP) is 5.15. The Morgan fingerprint density at radius 1 is 1.12 bits per heavy atom. The summed E-state index contributed by atoms with van der Waals surface area (Å²) in [6.45, 7) is 4.73. The van der Waals surface area contributed by atoms with Gasteiger partial charge in [0.25, 0.3) is 0 Å². The number of amides is 1. The fourth-order valence-electron chi connectivity index (χ4n) is 5.60. The van der Waals surface area contributed by atoms with Crippen LogP contribution in [0.15, 0.2) is 46.9 Å². The molecule has 2 aromatic carbocycles. The second-order valence-electron chi connectivity index (χ2n) is 10.8. The number of nitriles is 1. The van der Waals surface area contributed by atoms with E-state index in [9.17, 15) is 10.1 Å². The molecule has 0 saturated carbocycles. The van der Waals surface area contributed by atoms with Crippen molar-refractivity contribution in [2.24, 2.45) is 0 Å². The van der Waals surface area contributed by atoms with Gasteiger partial charge in [-0.1, -0.05) is 30.3 Å². The summed E-state index contributed by atoms with van der Waals surface area (Å²) in [5.74, 6) is 0.0271. The first-order chi connectivity index (χ1) is 21.0. The number of hydrogen-bond donors (Lipinski definition) is 0. The highest BCUT2D eigenvalue weighted by Crippen LogP contribution is 2.33. The molecule has 0 bridgehead atoms. The van der Waals surface area contributed by atoms with Gasteiger partial charge in [-0.3, -0.25) is 0 Å². The number of halogens is 2. The van der Waals surface area contributed by atoms with E-state index in [2.05, 4.69) is 31.9 Å². The summed E-state index contributed by atoms with van der Waals surface area (Å²) in [6, 6.07) is 14.8. The minimum Gasteiger partial charge on any atom is -0.460 e. The summed E-state index contributed by atoms with van der Waals surface area (Å²) in [7, 11) is 1.71. The number of carbonyl (C=O) groups is 1. The van der Waals surface area contributed by atoms with Gasteiger partial charge in [0, 0.05) is 58.4 Å². The van der Waals surface area contributed by atoms with Crippen LogP contribution in [-0.4, -0.2) is 91.0 Å². The summed E-state index contributed by atoms with van der Waals surface area (Å²) >= 11 is 3.28. The summed E-state index contributed by atoms with van der Waals surface area (Å²) < 4.78 is 32.6. The SMILES string of the molecule is COCCCN1CCC(Oc2nc(N3CCN(C(=O)OCc4ccccc4)[C@@H](CC#N)C3)c3ccc(Br)c(F)c3n2)CC1. The Labute approximate surface area is 259 Å². The first kappa shape index (κ1) is 30.9. The van der Waals surface area contributed by atoms with Crippen LogP contribution < -0.4 is 9.64 Å². The van der Waals surface area contributed by atoms with Gasteiger partial charge in [0.15, 0.2) is 5.82 Å². The molecule has 1 atom stereocenters. The number of anilines is 1. The Morgan fingerprint density at radius 3 is 2.65 bits per heavy atom. The summed E-state index contributed by atoms with van der Waals surface area (Å²) in [6.07, 6.45) is 2.19. The number of methoxy groups -OCH3 is 1. The predicted molar refractivity (Wildman–Crippen MR) is 163 cm³/mol. The van der Waals surface area contributed by atoms with Gasteiger partial charge in [0.1, 0.15) is 24.0 Å². The zero-order valence-corrected chi connectivity index (χ0v) is 25.8. The van der Waals surface area contributed by atoms with Gasteiger partial charge in [-0.15, -0.1) is 0 Å². The van der Waals surface area contributed by atoms with Crippen molar-refractivity contribution in [1.29, 1.82) is 5.26 Å². The van der Waals surface area contributed by atoms with Crippen LogP contribution in [0.5, 0.6) is 6.01 Å². The maximum atomic E-state index is 15.4. The van der Waals surface area contributed by atoms with E-state index in [-0.39, 0.29) is 30.7 Å². The maximum Gasteiger partial charge on any atom is 0.410 e. The molecule has 10 nitrogen and oxygen atoms in total. The van der Waals surface area contributed by atoms with Gasteiger partial charge < -0.3 is 28.9 Å². The molecule has 0 radical (unpaired) electrons. The first-order valence-electron chi connectivity index (χ1n) is 14.6. The van der Waals surface area contributed by atoms with E-state index < -0.39 is 18.0 Å². The average molecular weight is 656 g/mol. The smallest absolute Gasteiger partial charge is 0.410 e. The number of fused-ring (bicyclic) bond motifs is 1. The van der Waals surface area contributed by atoms with Crippen LogP contribution in [-0.2, 0) is 16.1 Å². The van der Waals surface area contributed by atoms with Crippen molar-refractivity contribution in [3.63, 3.8) is 0 Å². The quantitative estimate of drug-likeness (QED) is 0.274. The fraction of sp³-hybridized carbons (Fsp3) is 0.484. The summed E-state index contributed by atoms with van der Waals surface area (Å²) in [5.41, 5.74) is 1.05. The number of ether oxygens (including phenoxy) is 3. The van der Waals surface area contributed by atoms with E-state index in [1.165, 1.54) is 0 Å². The molecule has 2 aliphatic rings. The van der Waals surface area contributed by atoms with Crippen molar-refractivity contribution >= 4 is 38.7 Å². The second-order valence-corrected chi connectivity index (χ2v) is 11.6. The molecule has 0 spiro atoms. The Balaban J connectivity index is 1.32. The molecule has 2 saturated heterocycles. The Kier molecular flexibility index (Phi) is 10.6. The molecule has 3 heterocycles. The molecule has 0 aliphatic carbocycles. The summed E-state index contributed by atoms with van der Waals surface area (Å²) in [4.78, 5) is 28.3. The number of hydrogen-bond acceptors (Lipinski definition) is 9. The number of benzene rings is 2. The average Bonchev–Trinajstić information content (AvgIpc) is 3.03. The van der Waals surface area contributed by atoms with E-state index in [1.54, 1.807) is 24.1 Å². The Bertz CT molecular complexity index is 1430. The normalized spacial score (nSPS) is 18.0. The lowest BCUT2D eigenvalue weighted by Gasteiger charge is -2.40. The first-order valence-corrected chi connectivity index (χ1v) is 15.4. The van der Waals surface area contributed by atoms with E-state index in [0.717, 1.165) is 51.1 Å².